The number of nitriles is 1. The van der Waals surface area contributed by atoms with Crippen LogP contribution in [0.25, 0.3) is 11.0 Å². The predicted molar refractivity (Wildman–Crippen MR) is 124 cm³/mol. The van der Waals surface area contributed by atoms with Crippen LogP contribution >= 0.6 is 0 Å². The molecule has 0 saturated carbocycles. The number of benzene rings is 1. The molecule has 0 unspecified atom stereocenters. The highest BCUT2D eigenvalue weighted by atomic mass is 16.1. The number of aromatic nitrogens is 4. The molecule has 0 spiro atoms. The van der Waals surface area contributed by atoms with Gasteiger partial charge in [-0.05, 0) is 36.5 Å². The Morgan fingerprint density at radius 2 is 1.75 bits per heavy atom. The Kier molecular flexibility index (Phi) is 5.42. The van der Waals surface area contributed by atoms with E-state index in [-0.39, 0.29) is 5.56 Å². The van der Waals surface area contributed by atoms with Crippen molar-refractivity contribution in [3.63, 3.8) is 0 Å². The minimum Gasteiger partial charge on any atom is -0.357 e. The minimum absolute atomic E-state index is 0.144. The Bertz CT molecular complexity index is 1330. The molecule has 7 nitrogen and oxygen atoms in total. The van der Waals surface area contributed by atoms with E-state index in [0.29, 0.717) is 29.7 Å². The van der Waals surface area contributed by atoms with Crippen molar-refractivity contribution in [3.05, 3.63) is 88.2 Å². The van der Waals surface area contributed by atoms with Crippen LogP contribution in [0.5, 0.6) is 0 Å². The average Bonchev–Trinajstić information content (AvgIpc) is 3.16. The van der Waals surface area contributed by atoms with Crippen molar-refractivity contribution in [2.45, 2.75) is 32.4 Å². The smallest absolute Gasteiger partial charge is 0.278 e. The van der Waals surface area contributed by atoms with E-state index in [9.17, 15) is 10.1 Å². The SMILES string of the molecule is N#Cc1c(N2CCCCC2)n(Cc2ccccc2)c2c(=O)n(Cc3cccnc3)cnc12. The van der Waals surface area contributed by atoms with E-state index < -0.39 is 0 Å². The van der Waals surface area contributed by atoms with Crippen LogP contribution in [-0.4, -0.2) is 32.2 Å². The minimum atomic E-state index is -0.144. The molecule has 5 rings (SSSR count). The number of pyridine rings is 1. The van der Waals surface area contributed by atoms with Crippen molar-refractivity contribution in [2.75, 3.05) is 18.0 Å². The van der Waals surface area contributed by atoms with Gasteiger partial charge in [0, 0.05) is 32.0 Å². The third kappa shape index (κ3) is 3.65. The topological polar surface area (TPSA) is 79.7 Å². The summed E-state index contributed by atoms with van der Waals surface area (Å²) in [6.45, 7) is 2.65. The van der Waals surface area contributed by atoms with Crippen LogP contribution in [0.1, 0.15) is 36.0 Å². The number of anilines is 1. The summed E-state index contributed by atoms with van der Waals surface area (Å²) in [7, 11) is 0. The van der Waals surface area contributed by atoms with Crippen molar-refractivity contribution in [3.8, 4) is 6.07 Å². The molecule has 32 heavy (non-hydrogen) atoms. The first-order chi connectivity index (χ1) is 15.8. The molecular formula is C25H24N6O. The zero-order valence-corrected chi connectivity index (χ0v) is 17.8. The molecule has 1 saturated heterocycles. The van der Waals surface area contributed by atoms with Gasteiger partial charge in [-0.15, -0.1) is 0 Å². The molecule has 0 radical (unpaired) electrons. The summed E-state index contributed by atoms with van der Waals surface area (Å²) in [5, 5.41) is 10.1. The van der Waals surface area contributed by atoms with Crippen molar-refractivity contribution in [2.24, 2.45) is 0 Å². The van der Waals surface area contributed by atoms with E-state index in [1.54, 1.807) is 23.3 Å². The van der Waals surface area contributed by atoms with Crippen LogP contribution in [0.15, 0.2) is 66.0 Å². The molecule has 0 bridgehead atoms. The van der Waals surface area contributed by atoms with E-state index in [2.05, 4.69) is 20.9 Å². The van der Waals surface area contributed by atoms with Crippen molar-refractivity contribution < 1.29 is 0 Å². The maximum Gasteiger partial charge on any atom is 0.278 e. The van der Waals surface area contributed by atoms with Gasteiger partial charge in [0.2, 0.25) is 0 Å². The first-order valence-corrected chi connectivity index (χ1v) is 11.0. The van der Waals surface area contributed by atoms with Gasteiger partial charge in [-0.2, -0.15) is 5.26 Å². The first-order valence-electron chi connectivity index (χ1n) is 11.0. The van der Waals surface area contributed by atoms with Gasteiger partial charge in [-0.25, -0.2) is 4.98 Å². The zero-order chi connectivity index (χ0) is 21.9. The van der Waals surface area contributed by atoms with Crippen LogP contribution < -0.4 is 10.5 Å². The first kappa shape index (κ1) is 20.0. The van der Waals surface area contributed by atoms with Gasteiger partial charge >= 0.3 is 0 Å². The fraction of sp³-hybridized carbons (Fsp3) is 0.280. The van der Waals surface area contributed by atoms with E-state index >= 15 is 0 Å². The third-order valence-electron chi connectivity index (χ3n) is 6.03. The molecule has 0 atom stereocenters. The Morgan fingerprint density at radius 1 is 0.969 bits per heavy atom. The molecule has 160 valence electrons. The second kappa shape index (κ2) is 8.67. The Morgan fingerprint density at radius 3 is 2.47 bits per heavy atom. The molecule has 7 heteroatoms. The van der Waals surface area contributed by atoms with Crippen LogP contribution in [0.2, 0.25) is 0 Å². The number of piperidine rings is 1. The number of hydrogen-bond acceptors (Lipinski definition) is 5. The van der Waals surface area contributed by atoms with Gasteiger partial charge in [0.1, 0.15) is 28.5 Å². The van der Waals surface area contributed by atoms with Crippen LogP contribution in [0.3, 0.4) is 0 Å². The van der Waals surface area contributed by atoms with Gasteiger partial charge in [0.25, 0.3) is 5.56 Å². The van der Waals surface area contributed by atoms with Crippen molar-refractivity contribution in [1.82, 2.24) is 19.1 Å². The van der Waals surface area contributed by atoms with Gasteiger partial charge < -0.3 is 9.47 Å². The molecule has 1 aromatic carbocycles. The lowest BCUT2D eigenvalue weighted by Gasteiger charge is -2.30. The molecule has 4 heterocycles. The average molecular weight is 425 g/mol. The summed E-state index contributed by atoms with van der Waals surface area (Å²) >= 11 is 0. The third-order valence-corrected chi connectivity index (χ3v) is 6.03. The Balaban J connectivity index is 1.72. The van der Waals surface area contributed by atoms with Gasteiger partial charge in [-0.1, -0.05) is 36.4 Å². The summed E-state index contributed by atoms with van der Waals surface area (Å²) in [6, 6.07) is 16.2. The molecular weight excluding hydrogens is 400 g/mol. The maximum absolute atomic E-state index is 13.7. The van der Waals surface area contributed by atoms with E-state index in [0.717, 1.165) is 42.9 Å². The second-order valence-corrected chi connectivity index (χ2v) is 8.17. The fourth-order valence-corrected chi connectivity index (χ4v) is 4.51. The summed E-state index contributed by atoms with van der Waals surface area (Å²) in [5.41, 5.74) is 3.31. The number of nitrogens with zero attached hydrogens (tertiary/aromatic N) is 6. The highest BCUT2D eigenvalue weighted by molar-refractivity contribution is 5.89. The van der Waals surface area contributed by atoms with E-state index in [1.165, 1.54) is 6.42 Å². The lowest BCUT2D eigenvalue weighted by Crippen LogP contribution is -2.32. The summed E-state index contributed by atoms with van der Waals surface area (Å²) in [5.74, 6) is 0.815. The fourth-order valence-electron chi connectivity index (χ4n) is 4.51. The molecule has 1 aliphatic rings. The van der Waals surface area contributed by atoms with Gasteiger partial charge in [0.05, 0.1) is 12.9 Å². The van der Waals surface area contributed by atoms with Crippen molar-refractivity contribution in [1.29, 1.82) is 5.26 Å². The molecule has 3 aromatic heterocycles. The highest BCUT2D eigenvalue weighted by Gasteiger charge is 2.26. The number of fused-ring (bicyclic) bond motifs is 1. The zero-order valence-electron chi connectivity index (χ0n) is 17.8. The molecule has 1 fully saturated rings. The van der Waals surface area contributed by atoms with Crippen LogP contribution in [-0.2, 0) is 13.1 Å². The van der Waals surface area contributed by atoms with Crippen molar-refractivity contribution >= 4 is 16.9 Å². The van der Waals surface area contributed by atoms with Gasteiger partial charge in [0.15, 0.2) is 0 Å². The second-order valence-electron chi connectivity index (χ2n) is 8.17. The quantitative estimate of drug-likeness (QED) is 0.489. The number of rotatable bonds is 5. The summed E-state index contributed by atoms with van der Waals surface area (Å²) < 4.78 is 3.60. The van der Waals surface area contributed by atoms with Crippen LogP contribution in [0, 0.1) is 11.3 Å². The lowest BCUT2D eigenvalue weighted by molar-refractivity contribution is 0.565. The lowest BCUT2D eigenvalue weighted by atomic mass is 10.1. The standard InChI is InChI=1S/C25H24N6O/c26-14-21-22-23(25(32)30(18-28-22)16-20-10-7-11-27-15-20)31(17-19-8-3-1-4-9-19)24(21)29-12-5-2-6-13-29/h1,3-4,7-11,15,18H,2,5-6,12-13,16-17H2. The molecule has 0 N–H and O–H groups in total. The van der Waals surface area contributed by atoms with E-state index in [1.807, 2.05) is 47.0 Å². The van der Waals surface area contributed by atoms with Gasteiger partial charge in [-0.3, -0.25) is 14.3 Å². The normalized spacial score (nSPS) is 13.9. The predicted octanol–water partition coefficient (Wildman–Crippen LogP) is 3.55. The maximum atomic E-state index is 13.7. The summed E-state index contributed by atoms with van der Waals surface area (Å²) in [4.78, 5) is 24.7. The Hall–Kier alpha value is -3.92. The Labute approximate surface area is 186 Å². The van der Waals surface area contributed by atoms with E-state index in [4.69, 9.17) is 0 Å². The summed E-state index contributed by atoms with van der Waals surface area (Å²) in [6.07, 6.45) is 8.36. The molecule has 0 amide bonds. The highest BCUT2D eigenvalue weighted by Crippen LogP contribution is 2.32. The number of hydrogen-bond donors (Lipinski definition) is 0. The largest absolute Gasteiger partial charge is 0.357 e. The molecule has 1 aliphatic heterocycles. The molecule has 4 aromatic rings. The molecule has 0 aliphatic carbocycles. The monoisotopic (exact) mass is 424 g/mol. The van der Waals surface area contributed by atoms with Crippen LogP contribution in [0.4, 0.5) is 5.82 Å².